The lowest BCUT2D eigenvalue weighted by molar-refractivity contribution is -0.138. The Kier molecular flexibility index (Phi) is 4.26. The van der Waals surface area contributed by atoms with Crippen LogP contribution in [0.5, 0.6) is 0 Å². The second-order valence-electron chi connectivity index (χ2n) is 5.88. The average Bonchev–Trinajstić information content (AvgIpc) is 2.73. The lowest BCUT2D eigenvalue weighted by Gasteiger charge is -2.37. The molecular formula is C14H23N3OS. The van der Waals surface area contributed by atoms with E-state index in [0.29, 0.717) is 12.5 Å². The molecule has 0 spiro atoms. The smallest absolute Gasteiger partial charge is 0.242 e. The number of aryl methyl sites for hydroxylation is 1. The highest BCUT2D eigenvalue weighted by Crippen LogP contribution is 2.31. The molecule has 1 amide bonds. The normalized spacial score (nSPS) is 27.3. The fourth-order valence-corrected chi connectivity index (χ4v) is 3.57. The van der Waals surface area contributed by atoms with E-state index in [0.717, 1.165) is 30.0 Å². The monoisotopic (exact) mass is 281 g/mol. The number of nitrogens with two attached hydrogens (primary N) is 1. The van der Waals surface area contributed by atoms with Crippen molar-refractivity contribution in [3.63, 3.8) is 0 Å². The van der Waals surface area contributed by atoms with E-state index in [2.05, 4.69) is 11.9 Å². The van der Waals surface area contributed by atoms with Gasteiger partial charge < -0.3 is 10.6 Å². The van der Waals surface area contributed by atoms with Crippen LogP contribution >= 0.6 is 11.3 Å². The first-order chi connectivity index (χ1) is 8.90. The molecule has 2 rings (SSSR count). The Morgan fingerprint density at radius 1 is 1.68 bits per heavy atom. The van der Waals surface area contributed by atoms with Crippen molar-refractivity contribution in [2.45, 2.75) is 51.6 Å². The summed E-state index contributed by atoms with van der Waals surface area (Å²) in [7, 11) is 1.82. The van der Waals surface area contributed by atoms with E-state index in [1.807, 2.05) is 19.4 Å². The molecule has 19 heavy (non-hydrogen) atoms. The number of amides is 1. The molecule has 2 atom stereocenters. The third-order valence-corrected chi connectivity index (χ3v) is 4.69. The number of thiazole rings is 1. The van der Waals surface area contributed by atoms with Gasteiger partial charge in [0, 0.05) is 12.4 Å². The fourth-order valence-electron chi connectivity index (χ4n) is 2.96. The molecule has 1 aromatic heterocycles. The molecule has 0 bridgehead atoms. The van der Waals surface area contributed by atoms with Crippen molar-refractivity contribution >= 4 is 17.2 Å². The van der Waals surface area contributed by atoms with Crippen molar-refractivity contribution in [3.05, 3.63) is 16.1 Å². The number of carbonyl (C=O) groups excluding carboxylic acids is 1. The van der Waals surface area contributed by atoms with Crippen LogP contribution in [0, 0.1) is 12.8 Å². The minimum Gasteiger partial charge on any atom is -0.338 e. The number of hydrogen-bond donors (Lipinski definition) is 1. The summed E-state index contributed by atoms with van der Waals surface area (Å²) < 4.78 is 0. The van der Waals surface area contributed by atoms with Crippen molar-refractivity contribution in [2.24, 2.45) is 11.7 Å². The quantitative estimate of drug-likeness (QED) is 0.925. The SMILES string of the molecule is Cc1nc(CN(C)C(=O)C2(N)CCCC(C)C2)cs1. The van der Waals surface area contributed by atoms with Crippen LogP contribution in [0.4, 0.5) is 0 Å². The maximum absolute atomic E-state index is 12.6. The number of nitrogens with zero attached hydrogens (tertiary/aromatic N) is 2. The zero-order valence-electron chi connectivity index (χ0n) is 12.0. The van der Waals surface area contributed by atoms with Gasteiger partial charge in [0.15, 0.2) is 0 Å². The van der Waals surface area contributed by atoms with Crippen molar-refractivity contribution in [3.8, 4) is 0 Å². The molecule has 2 unspecified atom stereocenters. The molecule has 4 nitrogen and oxygen atoms in total. The number of hydrogen-bond acceptors (Lipinski definition) is 4. The van der Waals surface area contributed by atoms with Gasteiger partial charge in [0.25, 0.3) is 0 Å². The van der Waals surface area contributed by atoms with E-state index in [1.165, 1.54) is 6.42 Å². The predicted molar refractivity (Wildman–Crippen MR) is 77.9 cm³/mol. The van der Waals surface area contributed by atoms with Crippen molar-refractivity contribution < 1.29 is 4.79 Å². The summed E-state index contributed by atoms with van der Waals surface area (Å²) in [6.07, 6.45) is 3.83. The van der Waals surface area contributed by atoms with Crippen LogP contribution in [0.2, 0.25) is 0 Å². The molecule has 1 aliphatic rings. The summed E-state index contributed by atoms with van der Waals surface area (Å²) in [5.74, 6) is 0.599. The second kappa shape index (κ2) is 5.59. The van der Waals surface area contributed by atoms with Gasteiger partial charge in [0.2, 0.25) is 5.91 Å². The Labute approximate surface area is 119 Å². The Morgan fingerprint density at radius 3 is 3.00 bits per heavy atom. The summed E-state index contributed by atoms with van der Waals surface area (Å²) in [6, 6.07) is 0. The van der Waals surface area contributed by atoms with Gasteiger partial charge in [-0.3, -0.25) is 4.79 Å². The number of carbonyl (C=O) groups is 1. The first-order valence-corrected chi connectivity index (χ1v) is 7.74. The molecule has 5 heteroatoms. The van der Waals surface area contributed by atoms with Crippen molar-refractivity contribution in [2.75, 3.05) is 7.05 Å². The lowest BCUT2D eigenvalue weighted by Crippen LogP contribution is -2.56. The Balaban J connectivity index is 2.01. The van der Waals surface area contributed by atoms with Crippen LogP contribution in [0.1, 0.15) is 43.3 Å². The van der Waals surface area contributed by atoms with E-state index in [-0.39, 0.29) is 5.91 Å². The highest BCUT2D eigenvalue weighted by Gasteiger charge is 2.39. The summed E-state index contributed by atoms with van der Waals surface area (Å²) in [4.78, 5) is 18.7. The molecule has 2 N–H and O–H groups in total. The highest BCUT2D eigenvalue weighted by atomic mass is 32.1. The van der Waals surface area contributed by atoms with E-state index in [1.54, 1.807) is 16.2 Å². The van der Waals surface area contributed by atoms with Crippen LogP contribution in [-0.2, 0) is 11.3 Å². The van der Waals surface area contributed by atoms with Crippen LogP contribution in [0.25, 0.3) is 0 Å². The largest absolute Gasteiger partial charge is 0.338 e. The van der Waals surface area contributed by atoms with E-state index < -0.39 is 5.54 Å². The van der Waals surface area contributed by atoms with Crippen molar-refractivity contribution in [1.29, 1.82) is 0 Å². The molecule has 1 aromatic rings. The molecular weight excluding hydrogens is 258 g/mol. The molecule has 0 aromatic carbocycles. The minimum atomic E-state index is -0.669. The average molecular weight is 281 g/mol. The number of likely N-dealkylation sites (N-methyl/N-ethyl adjacent to an activating group) is 1. The maximum atomic E-state index is 12.6. The van der Waals surface area contributed by atoms with Crippen LogP contribution in [0.3, 0.4) is 0 Å². The Morgan fingerprint density at radius 2 is 2.42 bits per heavy atom. The third kappa shape index (κ3) is 3.34. The first kappa shape index (κ1) is 14.5. The molecule has 1 aliphatic carbocycles. The van der Waals surface area contributed by atoms with Gasteiger partial charge in [-0.2, -0.15) is 0 Å². The Bertz CT molecular complexity index is 459. The van der Waals surface area contributed by atoms with Gasteiger partial charge in [0.05, 0.1) is 22.8 Å². The summed E-state index contributed by atoms with van der Waals surface area (Å²) in [6.45, 7) is 4.71. The summed E-state index contributed by atoms with van der Waals surface area (Å²) >= 11 is 1.61. The zero-order valence-corrected chi connectivity index (χ0v) is 12.8. The third-order valence-electron chi connectivity index (χ3n) is 3.87. The number of rotatable bonds is 3. The van der Waals surface area contributed by atoms with E-state index in [9.17, 15) is 4.79 Å². The molecule has 0 radical (unpaired) electrons. The molecule has 106 valence electrons. The van der Waals surface area contributed by atoms with E-state index >= 15 is 0 Å². The van der Waals surface area contributed by atoms with Gasteiger partial charge in [-0.25, -0.2) is 4.98 Å². The number of aromatic nitrogens is 1. The summed E-state index contributed by atoms with van der Waals surface area (Å²) in [5, 5.41) is 3.04. The Hall–Kier alpha value is -0.940. The fraction of sp³-hybridized carbons (Fsp3) is 0.714. The van der Waals surface area contributed by atoms with E-state index in [4.69, 9.17) is 5.73 Å². The van der Waals surface area contributed by atoms with Crippen LogP contribution in [0.15, 0.2) is 5.38 Å². The van der Waals surface area contributed by atoms with Gasteiger partial charge >= 0.3 is 0 Å². The van der Waals surface area contributed by atoms with Gasteiger partial charge in [-0.1, -0.05) is 19.8 Å². The molecule has 1 fully saturated rings. The molecule has 0 aliphatic heterocycles. The van der Waals surface area contributed by atoms with Gasteiger partial charge in [0.1, 0.15) is 0 Å². The minimum absolute atomic E-state index is 0.0599. The first-order valence-electron chi connectivity index (χ1n) is 6.86. The van der Waals surface area contributed by atoms with Crippen LogP contribution < -0.4 is 5.73 Å². The van der Waals surface area contributed by atoms with Crippen LogP contribution in [-0.4, -0.2) is 28.4 Å². The van der Waals surface area contributed by atoms with Crippen molar-refractivity contribution in [1.82, 2.24) is 9.88 Å². The molecule has 1 saturated carbocycles. The molecule has 0 saturated heterocycles. The highest BCUT2D eigenvalue weighted by molar-refractivity contribution is 7.09. The van der Waals surface area contributed by atoms with Gasteiger partial charge in [-0.15, -0.1) is 11.3 Å². The lowest BCUT2D eigenvalue weighted by atomic mass is 9.76. The summed E-state index contributed by atoms with van der Waals surface area (Å²) in [5.41, 5.74) is 6.62. The van der Waals surface area contributed by atoms with Gasteiger partial charge in [-0.05, 0) is 25.7 Å². The zero-order chi connectivity index (χ0) is 14.0. The standard InChI is InChI=1S/C14H23N3OS/c1-10-5-4-6-14(15,7-10)13(18)17(3)8-12-9-19-11(2)16-12/h9-10H,4-8,15H2,1-3H3. The topological polar surface area (TPSA) is 59.2 Å². The second-order valence-corrected chi connectivity index (χ2v) is 6.94. The predicted octanol–water partition coefficient (Wildman–Crippen LogP) is 2.32. The maximum Gasteiger partial charge on any atom is 0.242 e. The molecule has 1 heterocycles.